The van der Waals surface area contributed by atoms with Crippen LogP contribution >= 0.6 is 0 Å². The van der Waals surface area contributed by atoms with Gasteiger partial charge in [-0.2, -0.15) is 5.26 Å². The smallest absolute Gasteiger partial charge is 0.326 e. The lowest BCUT2D eigenvalue weighted by Crippen LogP contribution is -2.41. The van der Waals surface area contributed by atoms with Crippen LogP contribution in [0, 0.1) is 11.3 Å². The first kappa shape index (κ1) is 16.2. The summed E-state index contributed by atoms with van der Waals surface area (Å²) in [6.45, 7) is 1.31. The molecule has 0 saturated carbocycles. The van der Waals surface area contributed by atoms with Crippen LogP contribution in [0.4, 0.5) is 5.69 Å². The Labute approximate surface area is 121 Å². The van der Waals surface area contributed by atoms with Gasteiger partial charge in [0.05, 0.1) is 17.3 Å². The molecule has 0 unspecified atom stereocenters. The molecular weight excluding hydrogens is 274 g/mol. The lowest BCUT2D eigenvalue weighted by Gasteiger charge is -2.15. The van der Waals surface area contributed by atoms with Gasteiger partial charge >= 0.3 is 5.97 Å². The third-order valence-electron chi connectivity index (χ3n) is 2.63. The van der Waals surface area contributed by atoms with Gasteiger partial charge in [-0.3, -0.25) is 9.59 Å². The molecule has 0 spiro atoms. The molecule has 7 nitrogen and oxygen atoms in total. The molecule has 0 heterocycles. The Morgan fingerprint density at radius 1 is 1.33 bits per heavy atom. The molecule has 1 aromatic carbocycles. The average molecular weight is 289 g/mol. The maximum atomic E-state index is 12.1. The van der Waals surface area contributed by atoms with Crippen molar-refractivity contribution in [3.8, 4) is 6.07 Å². The number of nitrogens with zero attached hydrogens (tertiary/aromatic N) is 1. The van der Waals surface area contributed by atoms with Crippen LogP contribution in [-0.4, -0.2) is 28.9 Å². The number of hydrogen-bond acceptors (Lipinski definition) is 4. The van der Waals surface area contributed by atoms with Gasteiger partial charge in [-0.15, -0.1) is 0 Å². The van der Waals surface area contributed by atoms with Gasteiger partial charge in [0.15, 0.2) is 0 Å². The summed E-state index contributed by atoms with van der Waals surface area (Å²) in [5.41, 5.74) is 0.461. The maximum absolute atomic E-state index is 12.1. The highest BCUT2D eigenvalue weighted by atomic mass is 16.4. The molecule has 0 aliphatic rings. The standard InChI is InChI=1S/C14H15N3O4/c1-9(18)16-11-6-3-2-5-10(11)13(19)17-12(14(20)21)7-4-8-15/h2-3,5-6,12H,4,7H2,1H3,(H,16,18)(H,17,19)(H,20,21)/t12-/m1/s1. The zero-order chi connectivity index (χ0) is 15.8. The Morgan fingerprint density at radius 3 is 2.57 bits per heavy atom. The highest BCUT2D eigenvalue weighted by Crippen LogP contribution is 2.15. The normalized spacial score (nSPS) is 11.0. The summed E-state index contributed by atoms with van der Waals surface area (Å²) < 4.78 is 0. The molecule has 2 amide bonds. The van der Waals surface area contributed by atoms with E-state index in [0.29, 0.717) is 5.69 Å². The highest BCUT2D eigenvalue weighted by molar-refractivity contribution is 6.04. The maximum Gasteiger partial charge on any atom is 0.326 e. The first-order chi connectivity index (χ1) is 9.95. The molecule has 3 N–H and O–H groups in total. The lowest BCUT2D eigenvalue weighted by molar-refractivity contribution is -0.139. The number of carboxylic acids is 1. The van der Waals surface area contributed by atoms with Gasteiger partial charge in [0, 0.05) is 13.3 Å². The number of anilines is 1. The Bertz CT molecular complexity index is 592. The number of nitrogens with one attached hydrogen (secondary N) is 2. The molecule has 0 fully saturated rings. The van der Waals surface area contributed by atoms with Gasteiger partial charge in [0.25, 0.3) is 5.91 Å². The van der Waals surface area contributed by atoms with Crippen LogP contribution in [0.15, 0.2) is 24.3 Å². The SMILES string of the molecule is CC(=O)Nc1ccccc1C(=O)N[C@H](CCC#N)C(=O)O. The fourth-order valence-electron chi connectivity index (χ4n) is 1.68. The molecule has 0 aliphatic heterocycles. The fraction of sp³-hybridized carbons (Fsp3) is 0.286. The van der Waals surface area contributed by atoms with Crippen molar-refractivity contribution in [2.75, 3.05) is 5.32 Å². The predicted molar refractivity (Wildman–Crippen MR) is 74.5 cm³/mol. The summed E-state index contributed by atoms with van der Waals surface area (Å²) >= 11 is 0. The molecule has 0 bridgehead atoms. The quantitative estimate of drug-likeness (QED) is 0.725. The molecule has 110 valence electrons. The van der Waals surface area contributed by atoms with E-state index in [1.165, 1.54) is 13.0 Å². The second-order valence-corrected chi connectivity index (χ2v) is 4.29. The van der Waals surface area contributed by atoms with E-state index in [1.54, 1.807) is 18.2 Å². The highest BCUT2D eigenvalue weighted by Gasteiger charge is 2.21. The lowest BCUT2D eigenvalue weighted by atomic mass is 10.1. The zero-order valence-corrected chi connectivity index (χ0v) is 11.4. The van der Waals surface area contributed by atoms with Crippen LogP contribution in [-0.2, 0) is 9.59 Å². The minimum absolute atomic E-state index is 0.0138. The Hall–Kier alpha value is -2.88. The van der Waals surface area contributed by atoms with E-state index in [1.807, 2.05) is 6.07 Å². The number of carbonyl (C=O) groups is 3. The third-order valence-corrected chi connectivity index (χ3v) is 2.63. The first-order valence-corrected chi connectivity index (χ1v) is 6.23. The van der Waals surface area contributed by atoms with Gasteiger partial charge in [0.1, 0.15) is 6.04 Å². The molecule has 1 atom stereocenters. The molecule has 0 radical (unpaired) electrons. The molecule has 1 rings (SSSR count). The molecule has 21 heavy (non-hydrogen) atoms. The minimum Gasteiger partial charge on any atom is -0.480 e. The van der Waals surface area contributed by atoms with Crippen LogP contribution < -0.4 is 10.6 Å². The first-order valence-electron chi connectivity index (χ1n) is 6.23. The number of amides is 2. The van der Waals surface area contributed by atoms with Crippen molar-refractivity contribution in [2.45, 2.75) is 25.8 Å². The van der Waals surface area contributed by atoms with Crippen molar-refractivity contribution < 1.29 is 19.5 Å². The van der Waals surface area contributed by atoms with Gasteiger partial charge < -0.3 is 15.7 Å². The van der Waals surface area contributed by atoms with Crippen LogP contribution in [0.2, 0.25) is 0 Å². The molecule has 0 saturated heterocycles. The monoisotopic (exact) mass is 289 g/mol. The van der Waals surface area contributed by atoms with E-state index in [9.17, 15) is 14.4 Å². The summed E-state index contributed by atoms with van der Waals surface area (Å²) in [6, 6.07) is 6.95. The molecule has 0 aromatic heterocycles. The van der Waals surface area contributed by atoms with Crippen molar-refractivity contribution in [1.82, 2.24) is 5.32 Å². The van der Waals surface area contributed by atoms with Crippen LogP contribution in [0.3, 0.4) is 0 Å². The van der Waals surface area contributed by atoms with Gasteiger partial charge in [-0.25, -0.2) is 4.79 Å². The number of aliphatic carboxylic acids is 1. The van der Waals surface area contributed by atoms with E-state index < -0.39 is 17.9 Å². The zero-order valence-electron chi connectivity index (χ0n) is 11.4. The van der Waals surface area contributed by atoms with E-state index in [-0.39, 0.29) is 24.3 Å². The summed E-state index contributed by atoms with van der Waals surface area (Å²) in [4.78, 5) is 34.2. The summed E-state index contributed by atoms with van der Waals surface area (Å²) in [5, 5.41) is 22.3. The van der Waals surface area contributed by atoms with Crippen molar-refractivity contribution in [3.63, 3.8) is 0 Å². The summed E-state index contributed by atoms with van der Waals surface area (Å²) in [7, 11) is 0. The fourth-order valence-corrected chi connectivity index (χ4v) is 1.68. The van der Waals surface area contributed by atoms with Crippen molar-refractivity contribution >= 4 is 23.5 Å². The van der Waals surface area contributed by atoms with Crippen molar-refractivity contribution in [2.24, 2.45) is 0 Å². The predicted octanol–water partition coefficient (Wildman–Crippen LogP) is 1.13. The van der Waals surface area contributed by atoms with Gasteiger partial charge in [-0.05, 0) is 18.6 Å². The Balaban J connectivity index is 2.90. The number of para-hydroxylation sites is 1. The molecule has 7 heteroatoms. The second kappa shape index (κ2) is 7.65. The van der Waals surface area contributed by atoms with E-state index in [2.05, 4.69) is 10.6 Å². The number of nitriles is 1. The average Bonchev–Trinajstić information content (AvgIpc) is 2.42. The number of rotatable bonds is 6. The van der Waals surface area contributed by atoms with Gasteiger partial charge in [0.2, 0.25) is 5.91 Å². The van der Waals surface area contributed by atoms with Crippen LogP contribution in [0.5, 0.6) is 0 Å². The number of carbonyl (C=O) groups excluding carboxylic acids is 2. The topological polar surface area (TPSA) is 119 Å². The number of carboxylic acid groups (broad SMARTS) is 1. The van der Waals surface area contributed by atoms with E-state index in [4.69, 9.17) is 10.4 Å². The third kappa shape index (κ3) is 4.95. The number of benzene rings is 1. The number of hydrogen-bond donors (Lipinski definition) is 3. The van der Waals surface area contributed by atoms with E-state index in [0.717, 1.165) is 0 Å². The van der Waals surface area contributed by atoms with Crippen molar-refractivity contribution in [3.05, 3.63) is 29.8 Å². The van der Waals surface area contributed by atoms with E-state index >= 15 is 0 Å². The minimum atomic E-state index is -1.21. The van der Waals surface area contributed by atoms with Gasteiger partial charge in [-0.1, -0.05) is 12.1 Å². The Kier molecular flexibility index (Phi) is 5.89. The van der Waals surface area contributed by atoms with Crippen molar-refractivity contribution in [1.29, 1.82) is 5.26 Å². The molecule has 0 aliphatic carbocycles. The van der Waals surface area contributed by atoms with Crippen LogP contribution in [0.25, 0.3) is 0 Å². The summed E-state index contributed by atoms with van der Waals surface area (Å²) in [5.74, 6) is -2.17. The summed E-state index contributed by atoms with van der Waals surface area (Å²) in [6.07, 6.45) is 0.0322. The van der Waals surface area contributed by atoms with Crippen LogP contribution in [0.1, 0.15) is 30.1 Å². The molecular formula is C14H15N3O4. The second-order valence-electron chi connectivity index (χ2n) is 4.29. The largest absolute Gasteiger partial charge is 0.480 e. The Morgan fingerprint density at radius 2 is 2.00 bits per heavy atom. The molecule has 1 aromatic rings.